The summed E-state index contributed by atoms with van der Waals surface area (Å²) < 4.78 is 49.9. The number of hydrogen-bond donors (Lipinski definition) is 2. The number of sulfonamides is 1. The van der Waals surface area contributed by atoms with Crippen molar-refractivity contribution in [3.63, 3.8) is 0 Å². The minimum atomic E-state index is -3.72. The van der Waals surface area contributed by atoms with E-state index in [4.69, 9.17) is 0 Å². The summed E-state index contributed by atoms with van der Waals surface area (Å²) in [6.45, 7) is -0.0551. The van der Waals surface area contributed by atoms with Crippen LogP contribution in [0.2, 0.25) is 0 Å². The van der Waals surface area contributed by atoms with Crippen molar-refractivity contribution in [2.75, 3.05) is 18.1 Å². The van der Waals surface area contributed by atoms with Crippen molar-refractivity contribution < 1.29 is 21.6 Å². The summed E-state index contributed by atoms with van der Waals surface area (Å²) in [6, 6.07) is 11.9. The number of sulfone groups is 1. The molecule has 1 heterocycles. The van der Waals surface area contributed by atoms with Gasteiger partial charge in [-0.1, -0.05) is 30.3 Å². The van der Waals surface area contributed by atoms with E-state index >= 15 is 0 Å². The van der Waals surface area contributed by atoms with Gasteiger partial charge in [-0.3, -0.25) is 4.79 Å². The van der Waals surface area contributed by atoms with Gasteiger partial charge in [-0.25, -0.2) is 21.6 Å². The number of amides is 1. The van der Waals surface area contributed by atoms with Crippen LogP contribution >= 0.6 is 0 Å². The third kappa shape index (κ3) is 4.60. The van der Waals surface area contributed by atoms with Crippen LogP contribution < -0.4 is 10.0 Å². The Hall–Kier alpha value is -1.97. The number of benzene rings is 2. The van der Waals surface area contributed by atoms with Crippen LogP contribution in [0.5, 0.6) is 0 Å². The van der Waals surface area contributed by atoms with Gasteiger partial charge in [-0.2, -0.15) is 0 Å². The Labute approximate surface area is 152 Å². The molecule has 2 aromatic carbocycles. The van der Waals surface area contributed by atoms with Crippen LogP contribution in [0.15, 0.2) is 47.4 Å². The lowest BCUT2D eigenvalue weighted by Gasteiger charge is -2.11. The summed E-state index contributed by atoms with van der Waals surface area (Å²) in [4.78, 5) is 12.0. The molecule has 1 aliphatic rings. The van der Waals surface area contributed by atoms with Crippen molar-refractivity contribution in [3.8, 4) is 0 Å². The van der Waals surface area contributed by atoms with Gasteiger partial charge in [0.15, 0.2) is 9.84 Å². The fraction of sp³-hybridized carbons (Fsp3) is 0.353. The van der Waals surface area contributed by atoms with Gasteiger partial charge in [0, 0.05) is 19.0 Å². The van der Waals surface area contributed by atoms with Gasteiger partial charge in [0.05, 0.1) is 16.4 Å². The number of hydrogen-bond acceptors (Lipinski definition) is 5. The lowest BCUT2D eigenvalue weighted by Crippen LogP contribution is -2.37. The molecule has 1 aliphatic heterocycles. The highest BCUT2D eigenvalue weighted by Crippen LogP contribution is 2.18. The van der Waals surface area contributed by atoms with Gasteiger partial charge < -0.3 is 5.32 Å². The Kier molecular flexibility index (Phi) is 5.31. The Bertz CT molecular complexity index is 1030. The molecule has 1 atom stereocenters. The molecule has 1 saturated heterocycles. The second kappa shape index (κ2) is 7.34. The smallest absolute Gasteiger partial charge is 0.240 e. The zero-order valence-corrected chi connectivity index (χ0v) is 15.6. The summed E-state index contributed by atoms with van der Waals surface area (Å²) in [5.74, 6) is -0.345. The van der Waals surface area contributed by atoms with Crippen molar-refractivity contribution in [1.82, 2.24) is 10.0 Å². The number of carbonyl (C=O) groups excluding carboxylic acids is 1. The van der Waals surface area contributed by atoms with Crippen molar-refractivity contribution in [2.45, 2.75) is 23.8 Å². The molecule has 2 N–H and O–H groups in total. The largest absolute Gasteiger partial charge is 0.352 e. The van der Waals surface area contributed by atoms with Crippen LogP contribution in [0.25, 0.3) is 10.8 Å². The fourth-order valence-electron chi connectivity index (χ4n) is 2.93. The molecule has 0 radical (unpaired) electrons. The van der Waals surface area contributed by atoms with Crippen molar-refractivity contribution in [2.24, 2.45) is 0 Å². The molecule has 26 heavy (non-hydrogen) atoms. The molecule has 1 fully saturated rings. The normalized spacial score (nSPS) is 19.5. The molecular formula is C17H20N2O5S2. The summed E-state index contributed by atoms with van der Waals surface area (Å²) in [5.41, 5.74) is 0. The number of fused-ring (bicyclic) bond motifs is 1. The zero-order valence-electron chi connectivity index (χ0n) is 14.0. The van der Waals surface area contributed by atoms with Crippen LogP contribution in [0.4, 0.5) is 0 Å². The quantitative estimate of drug-likeness (QED) is 0.751. The first kappa shape index (κ1) is 18.8. The Balaban J connectivity index is 1.55. The zero-order chi connectivity index (χ0) is 18.8. The first-order valence-corrected chi connectivity index (χ1v) is 11.5. The average Bonchev–Trinajstić information content (AvgIpc) is 2.92. The van der Waals surface area contributed by atoms with E-state index in [1.807, 2.05) is 24.3 Å². The van der Waals surface area contributed by atoms with E-state index < -0.39 is 19.9 Å². The van der Waals surface area contributed by atoms with Crippen molar-refractivity contribution in [1.29, 1.82) is 0 Å². The van der Waals surface area contributed by atoms with E-state index in [1.54, 1.807) is 12.1 Å². The molecule has 9 heteroatoms. The summed E-state index contributed by atoms with van der Waals surface area (Å²) >= 11 is 0. The average molecular weight is 396 g/mol. The summed E-state index contributed by atoms with van der Waals surface area (Å²) in [5, 5.41) is 4.39. The molecule has 1 unspecified atom stereocenters. The molecule has 0 saturated carbocycles. The third-order valence-electron chi connectivity index (χ3n) is 4.27. The highest BCUT2D eigenvalue weighted by molar-refractivity contribution is 7.91. The molecule has 140 valence electrons. The molecular weight excluding hydrogens is 376 g/mol. The Morgan fingerprint density at radius 2 is 1.85 bits per heavy atom. The lowest BCUT2D eigenvalue weighted by molar-refractivity contribution is -0.121. The van der Waals surface area contributed by atoms with Crippen LogP contribution in [0.3, 0.4) is 0 Å². The number of rotatable bonds is 6. The van der Waals surface area contributed by atoms with E-state index in [0.717, 1.165) is 10.8 Å². The molecule has 0 bridgehead atoms. The Morgan fingerprint density at radius 3 is 2.54 bits per heavy atom. The molecule has 0 spiro atoms. The Morgan fingerprint density at radius 1 is 1.12 bits per heavy atom. The molecule has 1 amide bonds. The standard InChI is InChI=1S/C17H20N2O5S2/c20-17(19-15-8-10-25(21,22)12-15)7-9-18-26(23,24)16-6-5-13-3-1-2-4-14(13)11-16/h1-6,11,15,18H,7-10,12H2,(H,19,20). The van der Waals surface area contributed by atoms with Crippen LogP contribution in [0, 0.1) is 0 Å². The third-order valence-corrected chi connectivity index (χ3v) is 7.50. The predicted molar refractivity (Wildman–Crippen MR) is 99.0 cm³/mol. The van der Waals surface area contributed by atoms with Gasteiger partial charge in [0.2, 0.25) is 15.9 Å². The highest BCUT2D eigenvalue weighted by atomic mass is 32.2. The molecule has 3 rings (SSSR count). The van der Waals surface area contributed by atoms with Gasteiger partial charge in [0.1, 0.15) is 0 Å². The molecule has 7 nitrogen and oxygen atoms in total. The van der Waals surface area contributed by atoms with Gasteiger partial charge in [-0.15, -0.1) is 0 Å². The van der Waals surface area contributed by atoms with Crippen molar-refractivity contribution >= 4 is 36.5 Å². The maximum atomic E-state index is 12.4. The van der Waals surface area contributed by atoms with E-state index in [2.05, 4.69) is 10.0 Å². The van der Waals surface area contributed by atoms with E-state index in [0.29, 0.717) is 6.42 Å². The fourth-order valence-corrected chi connectivity index (χ4v) is 5.67. The van der Waals surface area contributed by atoms with Crippen LogP contribution in [0.1, 0.15) is 12.8 Å². The highest BCUT2D eigenvalue weighted by Gasteiger charge is 2.28. The topological polar surface area (TPSA) is 109 Å². The molecule has 2 aromatic rings. The monoisotopic (exact) mass is 396 g/mol. The van der Waals surface area contributed by atoms with Gasteiger partial charge in [0.25, 0.3) is 0 Å². The van der Waals surface area contributed by atoms with Crippen LogP contribution in [-0.4, -0.2) is 46.8 Å². The maximum Gasteiger partial charge on any atom is 0.240 e. The van der Waals surface area contributed by atoms with E-state index in [-0.39, 0.29) is 41.3 Å². The number of carbonyl (C=O) groups is 1. The predicted octanol–water partition coefficient (Wildman–Crippen LogP) is 0.811. The van der Waals surface area contributed by atoms with Gasteiger partial charge >= 0.3 is 0 Å². The van der Waals surface area contributed by atoms with E-state index in [9.17, 15) is 21.6 Å². The lowest BCUT2D eigenvalue weighted by atomic mass is 10.1. The SMILES string of the molecule is O=C(CCNS(=O)(=O)c1ccc2ccccc2c1)NC1CCS(=O)(=O)C1. The summed E-state index contributed by atoms with van der Waals surface area (Å²) in [6.07, 6.45) is 0.347. The second-order valence-corrected chi connectivity index (χ2v) is 10.3. The second-order valence-electron chi connectivity index (χ2n) is 6.32. The van der Waals surface area contributed by atoms with Crippen LogP contribution in [-0.2, 0) is 24.7 Å². The minimum Gasteiger partial charge on any atom is -0.352 e. The minimum absolute atomic E-state index is 0.0522. The molecule has 0 aliphatic carbocycles. The van der Waals surface area contributed by atoms with E-state index in [1.165, 1.54) is 6.07 Å². The first-order chi connectivity index (χ1) is 12.3. The molecule has 0 aromatic heterocycles. The summed E-state index contributed by atoms with van der Waals surface area (Å²) in [7, 11) is -6.78. The maximum absolute atomic E-state index is 12.4. The number of nitrogens with one attached hydrogen (secondary N) is 2. The first-order valence-electron chi connectivity index (χ1n) is 8.23. The van der Waals surface area contributed by atoms with Gasteiger partial charge in [-0.05, 0) is 29.3 Å². The van der Waals surface area contributed by atoms with Crippen molar-refractivity contribution in [3.05, 3.63) is 42.5 Å².